The minimum Gasteiger partial charge on any atom is -0.477 e. The third kappa shape index (κ3) is 5.60. The standard InChI is InChI=1S/C32H40N8O2/c1-21-16-24-17-27(35-21)26-19-34-38(2)31(26)42-15-5-6-23(22-7-8-22)20-40-29-10-9-25(33-11-14-39-12-3-4-13-39)18-28(29)36-32(40)37-30(24)41/h9-10,16-19,22-23,33H,3-8,11-15,20H2,1-2H3,(H,36,37,41)/t23-/m1/s1. The van der Waals surface area contributed by atoms with Gasteiger partial charge in [-0.25, -0.2) is 4.68 Å². The minimum absolute atomic E-state index is 0.296. The van der Waals surface area contributed by atoms with Crippen LogP contribution in [-0.4, -0.2) is 70.9 Å². The van der Waals surface area contributed by atoms with Crippen LogP contribution in [0, 0.1) is 18.8 Å². The van der Waals surface area contributed by atoms with Gasteiger partial charge >= 0.3 is 0 Å². The van der Waals surface area contributed by atoms with E-state index >= 15 is 0 Å². The number of nitrogens with zero attached hydrogens (tertiary/aromatic N) is 6. The van der Waals surface area contributed by atoms with Crippen molar-refractivity contribution in [3.05, 3.63) is 47.8 Å². The van der Waals surface area contributed by atoms with Gasteiger partial charge in [0.15, 0.2) is 0 Å². The summed E-state index contributed by atoms with van der Waals surface area (Å²) in [7, 11) is 1.87. The molecule has 1 saturated heterocycles. The van der Waals surface area contributed by atoms with E-state index in [0.717, 1.165) is 60.8 Å². The lowest BCUT2D eigenvalue weighted by atomic mass is 9.97. The number of guanidine groups is 1. The highest BCUT2D eigenvalue weighted by Crippen LogP contribution is 2.43. The quantitative estimate of drug-likeness (QED) is 0.447. The van der Waals surface area contributed by atoms with Crippen LogP contribution in [-0.2, 0) is 7.05 Å². The van der Waals surface area contributed by atoms with Gasteiger partial charge in [0, 0.05) is 43.6 Å². The second-order valence-corrected chi connectivity index (χ2v) is 12.1. The molecule has 2 aromatic heterocycles. The number of aryl methyl sites for hydroxylation is 2. The lowest BCUT2D eigenvalue weighted by molar-refractivity contribution is 0.100. The largest absolute Gasteiger partial charge is 0.477 e. The summed E-state index contributed by atoms with van der Waals surface area (Å²) in [4.78, 5) is 27.8. The van der Waals surface area contributed by atoms with Gasteiger partial charge in [-0.1, -0.05) is 0 Å². The number of likely N-dealkylation sites (tertiary alicyclic amines) is 1. The molecular formula is C32H40N8O2. The Kier molecular flexibility index (Phi) is 7.31. The van der Waals surface area contributed by atoms with Crippen LogP contribution in [0.3, 0.4) is 0 Å². The minimum atomic E-state index is -0.296. The number of amides is 1. The van der Waals surface area contributed by atoms with E-state index in [2.05, 4.69) is 48.7 Å². The number of carbonyl (C=O) groups excluding carboxylic acids is 1. The van der Waals surface area contributed by atoms with Gasteiger partial charge in [-0.15, -0.1) is 0 Å². The average Bonchev–Trinajstić information content (AvgIpc) is 3.41. The number of ether oxygens (including phenoxy) is 1. The fourth-order valence-electron chi connectivity index (χ4n) is 6.58. The number of fused-ring (bicyclic) bond motifs is 7. The van der Waals surface area contributed by atoms with Gasteiger partial charge in [-0.2, -0.15) is 10.1 Å². The van der Waals surface area contributed by atoms with Crippen molar-refractivity contribution >= 4 is 28.9 Å². The molecule has 1 atom stereocenters. The molecule has 3 aromatic rings. The van der Waals surface area contributed by atoms with Crippen LogP contribution < -0.4 is 20.3 Å². The summed E-state index contributed by atoms with van der Waals surface area (Å²) in [6, 6.07) is 10.1. The van der Waals surface area contributed by atoms with E-state index in [9.17, 15) is 4.79 Å². The first kappa shape index (κ1) is 26.9. The number of aliphatic imine (C=N–C) groups is 1. The zero-order valence-corrected chi connectivity index (χ0v) is 24.6. The first-order chi connectivity index (χ1) is 20.5. The van der Waals surface area contributed by atoms with Crippen molar-refractivity contribution in [2.45, 2.75) is 45.4 Å². The third-order valence-corrected chi connectivity index (χ3v) is 8.98. The fraction of sp³-hybridized carbons (Fsp3) is 0.500. The summed E-state index contributed by atoms with van der Waals surface area (Å²) >= 11 is 0. The monoisotopic (exact) mass is 568 g/mol. The van der Waals surface area contributed by atoms with Crippen LogP contribution in [0.1, 0.15) is 54.6 Å². The normalized spacial score (nSPS) is 22.1. The number of carbonyl (C=O) groups is 1. The third-order valence-electron chi connectivity index (χ3n) is 8.98. The van der Waals surface area contributed by atoms with Crippen LogP contribution in [0.5, 0.6) is 5.88 Å². The molecule has 4 aliphatic rings. The second-order valence-electron chi connectivity index (χ2n) is 12.1. The van der Waals surface area contributed by atoms with Crippen LogP contribution in [0.2, 0.25) is 0 Å². The Morgan fingerprint density at radius 3 is 2.76 bits per heavy atom. The number of hydrogen-bond donors (Lipinski definition) is 2. The Morgan fingerprint density at radius 1 is 1.07 bits per heavy atom. The van der Waals surface area contributed by atoms with E-state index in [1.54, 1.807) is 23.0 Å². The van der Waals surface area contributed by atoms with Crippen molar-refractivity contribution in [1.82, 2.24) is 19.7 Å². The lowest BCUT2D eigenvalue weighted by Crippen LogP contribution is -2.36. The topological polar surface area (TPSA) is 99.9 Å². The number of hydrogen-bond acceptors (Lipinski definition) is 8. The van der Waals surface area contributed by atoms with Crippen molar-refractivity contribution in [3.63, 3.8) is 0 Å². The number of benzene rings is 1. The van der Waals surface area contributed by atoms with Gasteiger partial charge < -0.3 is 25.2 Å². The molecule has 42 heavy (non-hydrogen) atoms. The second kappa shape index (κ2) is 11.4. The molecule has 1 amide bonds. The van der Waals surface area contributed by atoms with Crippen LogP contribution in [0.25, 0.3) is 11.3 Å². The van der Waals surface area contributed by atoms with Gasteiger partial charge in [0.25, 0.3) is 5.91 Å². The molecule has 2 N–H and O–H groups in total. The SMILES string of the molecule is Cc1cc2cc(n1)-c1cnn(C)c1OCCC[C@@H](C1CC1)CN1/C(=N/C2=O)Nc2cc(NCCN3CCCC3)ccc21. The molecule has 2 fully saturated rings. The predicted molar refractivity (Wildman–Crippen MR) is 165 cm³/mol. The molecule has 10 heteroatoms. The number of pyridine rings is 1. The Balaban J connectivity index is 1.20. The molecular weight excluding hydrogens is 528 g/mol. The Morgan fingerprint density at radius 2 is 1.93 bits per heavy atom. The Labute approximate surface area is 247 Å². The Bertz CT molecular complexity index is 1500. The first-order valence-corrected chi connectivity index (χ1v) is 15.4. The van der Waals surface area contributed by atoms with E-state index in [1.165, 1.54) is 38.8 Å². The fourth-order valence-corrected chi connectivity index (χ4v) is 6.58. The van der Waals surface area contributed by atoms with E-state index < -0.39 is 0 Å². The smallest absolute Gasteiger partial charge is 0.280 e. The van der Waals surface area contributed by atoms with Crippen molar-refractivity contribution in [1.29, 1.82) is 0 Å². The van der Waals surface area contributed by atoms with Gasteiger partial charge in [0.1, 0.15) is 0 Å². The molecule has 5 heterocycles. The summed E-state index contributed by atoms with van der Waals surface area (Å²) in [5.41, 5.74) is 5.82. The predicted octanol–water partition coefficient (Wildman–Crippen LogP) is 4.93. The molecule has 1 aliphatic carbocycles. The molecule has 7 rings (SSSR count). The van der Waals surface area contributed by atoms with Crippen LogP contribution in [0.4, 0.5) is 17.1 Å². The highest BCUT2D eigenvalue weighted by atomic mass is 16.5. The first-order valence-electron chi connectivity index (χ1n) is 15.4. The zero-order chi connectivity index (χ0) is 28.6. The number of aromatic nitrogens is 3. The molecule has 0 spiro atoms. The van der Waals surface area contributed by atoms with Crippen LogP contribution >= 0.6 is 0 Å². The highest BCUT2D eigenvalue weighted by molar-refractivity contribution is 6.19. The van der Waals surface area contributed by atoms with Crippen molar-refractivity contribution in [3.8, 4) is 17.1 Å². The maximum absolute atomic E-state index is 13.7. The van der Waals surface area contributed by atoms with Crippen molar-refractivity contribution in [2.24, 2.45) is 23.9 Å². The molecule has 0 unspecified atom stereocenters. The van der Waals surface area contributed by atoms with E-state index in [0.29, 0.717) is 41.5 Å². The highest BCUT2D eigenvalue weighted by Gasteiger charge is 2.36. The molecule has 0 radical (unpaired) electrons. The van der Waals surface area contributed by atoms with E-state index in [1.807, 2.05) is 14.0 Å². The van der Waals surface area contributed by atoms with Crippen molar-refractivity contribution in [2.75, 3.05) is 54.9 Å². The molecule has 1 aromatic carbocycles. The summed E-state index contributed by atoms with van der Waals surface area (Å²) in [5.74, 6) is 2.16. The van der Waals surface area contributed by atoms with Gasteiger partial charge in [0.05, 0.1) is 35.4 Å². The molecule has 2 bridgehead atoms. The summed E-state index contributed by atoms with van der Waals surface area (Å²) in [6.07, 6.45) is 8.87. The summed E-state index contributed by atoms with van der Waals surface area (Å²) in [6.45, 7) is 7.69. The van der Waals surface area contributed by atoms with Crippen molar-refractivity contribution < 1.29 is 9.53 Å². The number of rotatable bonds is 5. The zero-order valence-electron chi connectivity index (χ0n) is 24.6. The average molecular weight is 569 g/mol. The summed E-state index contributed by atoms with van der Waals surface area (Å²) in [5, 5.41) is 11.5. The van der Waals surface area contributed by atoms with E-state index in [4.69, 9.17) is 9.72 Å². The Hall–Kier alpha value is -3.92. The molecule has 10 nitrogen and oxygen atoms in total. The maximum Gasteiger partial charge on any atom is 0.280 e. The lowest BCUT2D eigenvalue weighted by Gasteiger charge is -2.25. The molecule has 220 valence electrons. The van der Waals surface area contributed by atoms with E-state index in [-0.39, 0.29) is 5.91 Å². The van der Waals surface area contributed by atoms with Gasteiger partial charge in [-0.3, -0.25) is 9.78 Å². The maximum atomic E-state index is 13.7. The molecule has 1 saturated carbocycles. The van der Waals surface area contributed by atoms with Gasteiger partial charge in [0.2, 0.25) is 11.8 Å². The van der Waals surface area contributed by atoms with Crippen LogP contribution in [0.15, 0.2) is 41.5 Å². The summed E-state index contributed by atoms with van der Waals surface area (Å²) < 4.78 is 8.02. The number of nitrogens with one attached hydrogen (secondary N) is 2. The van der Waals surface area contributed by atoms with Gasteiger partial charge in [-0.05, 0) is 101 Å². The molecule has 3 aliphatic heterocycles. The number of anilines is 3.